The fourth-order valence-electron chi connectivity index (χ4n) is 2.63. The lowest BCUT2D eigenvalue weighted by molar-refractivity contribution is 0.112. The highest BCUT2D eigenvalue weighted by atomic mass is 19.1. The maximum atomic E-state index is 14.0. The van der Waals surface area contributed by atoms with Crippen LogP contribution in [0.1, 0.15) is 35.7 Å². The first-order valence-corrected chi connectivity index (χ1v) is 7.08. The second-order valence-electron chi connectivity index (χ2n) is 5.59. The van der Waals surface area contributed by atoms with Crippen LogP contribution in [0.15, 0.2) is 36.4 Å². The monoisotopic (exact) mass is 299 g/mol. The van der Waals surface area contributed by atoms with Crippen molar-refractivity contribution in [2.45, 2.75) is 19.8 Å². The Morgan fingerprint density at radius 3 is 2.23 bits per heavy atom. The van der Waals surface area contributed by atoms with Crippen LogP contribution in [-0.2, 0) is 0 Å². The Labute approximate surface area is 126 Å². The molecule has 0 atom stereocenters. The molecule has 22 heavy (non-hydrogen) atoms. The van der Waals surface area contributed by atoms with Gasteiger partial charge in [-0.05, 0) is 29.2 Å². The fraction of sp³-hybridized carbons (Fsp3) is 0.167. The van der Waals surface area contributed by atoms with Gasteiger partial charge in [-0.2, -0.15) is 0 Å². The van der Waals surface area contributed by atoms with Gasteiger partial charge in [0.15, 0.2) is 6.29 Å². The van der Waals surface area contributed by atoms with E-state index in [9.17, 15) is 13.6 Å². The number of hydrogen-bond donors (Lipinski definition) is 1. The standard InChI is InChI=1S/C18H15F2NO/c1-10(2)11-3-5-12(6-4-11)17-13(9-22)16-14(19)7-8-15(20)18(16)21-17/h3-10,21H,1-2H3. The Hall–Kier alpha value is -2.49. The van der Waals surface area contributed by atoms with Gasteiger partial charge < -0.3 is 4.98 Å². The van der Waals surface area contributed by atoms with E-state index in [0.717, 1.165) is 23.3 Å². The van der Waals surface area contributed by atoms with Crippen LogP contribution in [-0.4, -0.2) is 11.3 Å². The van der Waals surface area contributed by atoms with Crippen molar-refractivity contribution in [1.82, 2.24) is 4.98 Å². The van der Waals surface area contributed by atoms with Gasteiger partial charge in [-0.15, -0.1) is 0 Å². The molecule has 0 unspecified atom stereocenters. The van der Waals surface area contributed by atoms with Gasteiger partial charge in [-0.3, -0.25) is 4.79 Å². The fourth-order valence-corrected chi connectivity index (χ4v) is 2.63. The molecular formula is C18H15F2NO. The second kappa shape index (κ2) is 5.37. The van der Waals surface area contributed by atoms with Gasteiger partial charge in [0.05, 0.1) is 16.8 Å². The van der Waals surface area contributed by atoms with Crippen molar-refractivity contribution in [3.63, 3.8) is 0 Å². The lowest BCUT2D eigenvalue weighted by atomic mass is 9.99. The number of aromatic nitrogens is 1. The highest BCUT2D eigenvalue weighted by molar-refractivity contribution is 6.04. The molecule has 1 heterocycles. The molecule has 2 aromatic carbocycles. The van der Waals surface area contributed by atoms with Gasteiger partial charge >= 0.3 is 0 Å². The third kappa shape index (κ3) is 2.21. The van der Waals surface area contributed by atoms with Crippen molar-refractivity contribution >= 4 is 17.2 Å². The molecule has 0 spiro atoms. The number of H-pyrrole nitrogens is 1. The molecule has 112 valence electrons. The van der Waals surface area contributed by atoms with Gasteiger partial charge in [-0.1, -0.05) is 38.1 Å². The smallest absolute Gasteiger partial charge is 0.152 e. The summed E-state index contributed by atoms with van der Waals surface area (Å²) in [4.78, 5) is 14.2. The third-order valence-corrected chi connectivity index (χ3v) is 3.88. The highest BCUT2D eigenvalue weighted by Crippen LogP contribution is 2.32. The quantitative estimate of drug-likeness (QED) is 0.674. The Balaban J connectivity index is 2.24. The summed E-state index contributed by atoms with van der Waals surface area (Å²) in [6.45, 7) is 4.17. The van der Waals surface area contributed by atoms with E-state index in [1.807, 2.05) is 24.3 Å². The zero-order valence-electron chi connectivity index (χ0n) is 12.3. The minimum absolute atomic E-state index is 0.00191. The molecule has 1 aromatic heterocycles. The molecule has 0 aliphatic rings. The summed E-state index contributed by atoms with van der Waals surface area (Å²) in [5, 5.41) is -0.00191. The molecule has 0 radical (unpaired) electrons. The Morgan fingerprint density at radius 1 is 1.00 bits per heavy atom. The molecule has 0 bridgehead atoms. The van der Waals surface area contributed by atoms with Crippen LogP contribution in [0.3, 0.4) is 0 Å². The lowest BCUT2D eigenvalue weighted by Crippen LogP contribution is -1.89. The maximum absolute atomic E-state index is 14.0. The first kappa shape index (κ1) is 14.4. The Bertz CT molecular complexity index is 848. The summed E-state index contributed by atoms with van der Waals surface area (Å²) in [6.07, 6.45) is 0.563. The molecule has 0 aliphatic heterocycles. The van der Waals surface area contributed by atoms with Gasteiger partial charge in [-0.25, -0.2) is 8.78 Å². The van der Waals surface area contributed by atoms with Crippen molar-refractivity contribution in [3.8, 4) is 11.3 Å². The van der Waals surface area contributed by atoms with Crippen molar-refractivity contribution in [2.24, 2.45) is 0 Å². The van der Waals surface area contributed by atoms with E-state index in [2.05, 4.69) is 18.8 Å². The minimum Gasteiger partial charge on any atom is -0.351 e. The van der Waals surface area contributed by atoms with E-state index in [1.54, 1.807) is 0 Å². The normalized spacial score (nSPS) is 11.3. The average Bonchev–Trinajstić information content (AvgIpc) is 2.92. The molecule has 4 heteroatoms. The molecule has 0 aliphatic carbocycles. The first-order valence-electron chi connectivity index (χ1n) is 7.08. The van der Waals surface area contributed by atoms with E-state index < -0.39 is 11.6 Å². The number of fused-ring (bicyclic) bond motifs is 1. The molecular weight excluding hydrogens is 284 g/mol. The van der Waals surface area contributed by atoms with Gasteiger partial charge in [0.1, 0.15) is 11.6 Å². The summed E-state index contributed by atoms with van der Waals surface area (Å²) < 4.78 is 27.8. The van der Waals surface area contributed by atoms with E-state index in [1.165, 1.54) is 0 Å². The van der Waals surface area contributed by atoms with E-state index in [-0.39, 0.29) is 16.5 Å². The summed E-state index contributed by atoms with van der Waals surface area (Å²) in [5.74, 6) is -0.804. The number of aromatic amines is 1. The number of rotatable bonds is 3. The summed E-state index contributed by atoms with van der Waals surface area (Å²) in [6, 6.07) is 9.68. The molecule has 3 aromatic rings. The Kier molecular flexibility index (Phi) is 3.53. The third-order valence-electron chi connectivity index (χ3n) is 3.88. The predicted molar refractivity (Wildman–Crippen MR) is 83.1 cm³/mol. The van der Waals surface area contributed by atoms with Gasteiger partial charge in [0.2, 0.25) is 0 Å². The SMILES string of the molecule is CC(C)c1ccc(-c2[nH]c3c(F)ccc(F)c3c2C=O)cc1. The number of benzene rings is 2. The Morgan fingerprint density at radius 2 is 1.64 bits per heavy atom. The molecule has 1 N–H and O–H groups in total. The lowest BCUT2D eigenvalue weighted by Gasteiger charge is -2.06. The predicted octanol–water partition coefficient (Wildman–Crippen LogP) is 5.05. The van der Waals surface area contributed by atoms with Gasteiger partial charge in [0, 0.05) is 5.39 Å². The van der Waals surface area contributed by atoms with Crippen molar-refractivity contribution < 1.29 is 13.6 Å². The summed E-state index contributed by atoms with van der Waals surface area (Å²) in [5.41, 5.74) is 2.48. The van der Waals surface area contributed by atoms with Crippen LogP contribution in [0.25, 0.3) is 22.2 Å². The van der Waals surface area contributed by atoms with Gasteiger partial charge in [0.25, 0.3) is 0 Å². The van der Waals surface area contributed by atoms with Crippen molar-refractivity contribution in [3.05, 3.63) is 59.2 Å². The van der Waals surface area contributed by atoms with Crippen molar-refractivity contribution in [1.29, 1.82) is 0 Å². The number of carbonyl (C=O) groups is 1. The molecule has 0 fully saturated rings. The minimum atomic E-state index is -0.611. The summed E-state index contributed by atoms with van der Waals surface area (Å²) >= 11 is 0. The number of hydrogen-bond acceptors (Lipinski definition) is 1. The van der Waals surface area contributed by atoms with Crippen LogP contribution >= 0.6 is 0 Å². The number of aldehydes is 1. The number of carbonyl (C=O) groups excluding carboxylic acids is 1. The molecule has 2 nitrogen and oxygen atoms in total. The molecule has 0 saturated heterocycles. The topological polar surface area (TPSA) is 32.9 Å². The van der Waals surface area contributed by atoms with E-state index >= 15 is 0 Å². The zero-order chi connectivity index (χ0) is 15.9. The van der Waals surface area contributed by atoms with Crippen LogP contribution in [0.5, 0.6) is 0 Å². The summed E-state index contributed by atoms with van der Waals surface area (Å²) in [7, 11) is 0. The number of halogens is 2. The molecule has 0 saturated carbocycles. The molecule has 3 rings (SSSR count). The van der Waals surface area contributed by atoms with Crippen LogP contribution in [0.2, 0.25) is 0 Å². The molecule has 0 amide bonds. The average molecular weight is 299 g/mol. The first-order chi connectivity index (χ1) is 10.5. The van der Waals surface area contributed by atoms with E-state index in [4.69, 9.17) is 0 Å². The second-order valence-corrected chi connectivity index (χ2v) is 5.59. The van der Waals surface area contributed by atoms with Crippen molar-refractivity contribution in [2.75, 3.05) is 0 Å². The zero-order valence-corrected chi connectivity index (χ0v) is 12.3. The highest BCUT2D eigenvalue weighted by Gasteiger charge is 2.18. The van der Waals surface area contributed by atoms with Crippen LogP contribution in [0, 0.1) is 11.6 Å². The largest absolute Gasteiger partial charge is 0.351 e. The number of nitrogens with one attached hydrogen (secondary N) is 1. The van der Waals surface area contributed by atoms with Crippen LogP contribution < -0.4 is 0 Å². The van der Waals surface area contributed by atoms with Crippen LogP contribution in [0.4, 0.5) is 8.78 Å². The maximum Gasteiger partial charge on any atom is 0.152 e. The van der Waals surface area contributed by atoms with E-state index in [0.29, 0.717) is 17.9 Å².